The second-order valence-corrected chi connectivity index (χ2v) is 8.42. The molecule has 0 aromatic carbocycles. The third-order valence-corrected chi connectivity index (χ3v) is 6.18. The van der Waals surface area contributed by atoms with Gasteiger partial charge >= 0.3 is 0 Å². The number of thiazole rings is 1. The van der Waals surface area contributed by atoms with Crippen LogP contribution in [0.15, 0.2) is 48.4 Å². The highest BCUT2D eigenvalue weighted by molar-refractivity contribution is 7.13. The van der Waals surface area contributed by atoms with Crippen molar-refractivity contribution in [3.8, 4) is 10.7 Å². The van der Waals surface area contributed by atoms with Gasteiger partial charge in [0.25, 0.3) is 0 Å². The average Bonchev–Trinajstić information content (AvgIpc) is 3.42. The molecule has 1 saturated heterocycles. The molecule has 1 aliphatic rings. The van der Waals surface area contributed by atoms with Crippen LogP contribution in [0.2, 0.25) is 0 Å². The van der Waals surface area contributed by atoms with Gasteiger partial charge in [-0.1, -0.05) is 6.92 Å². The summed E-state index contributed by atoms with van der Waals surface area (Å²) in [6.07, 6.45) is 6.56. The van der Waals surface area contributed by atoms with Gasteiger partial charge in [0.2, 0.25) is 5.95 Å². The molecular formula is C20H22N8OS. The molecule has 10 heteroatoms. The number of aromatic nitrogens is 5. The Kier molecular flexibility index (Phi) is 4.81. The first kappa shape index (κ1) is 18.9. The van der Waals surface area contributed by atoms with E-state index in [1.165, 1.54) is 0 Å². The number of pyridine rings is 1. The molecular weight excluding hydrogens is 400 g/mol. The minimum Gasteiger partial charge on any atom is -0.391 e. The maximum absolute atomic E-state index is 10.2. The number of aliphatic hydroxyl groups is 1. The summed E-state index contributed by atoms with van der Waals surface area (Å²) in [5, 5.41) is 21.1. The number of aliphatic hydroxyl groups excluding tert-OH is 1. The molecule has 0 bridgehead atoms. The third-order valence-electron chi connectivity index (χ3n) is 5.38. The first-order valence-electron chi connectivity index (χ1n) is 9.74. The number of nitrogens with one attached hydrogen (secondary N) is 1. The maximum atomic E-state index is 10.2. The summed E-state index contributed by atoms with van der Waals surface area (Å²) in [5.74, 6) is 0.664. The zero-order chi connectivity index (χ0) is 20.7. The normalized spacial score (nSPS) is 21.8. The molecule has 0 radical (unpaired) electrons. The minimum absolute atomic E-state index is 0.0736. The Balaban J connectivity index is 1.48. The zero-order valence-electron chi connectivity index (χ0n) is 16.4. The Labute approximate surface area is 177 Å². The van der Waals surface area contributed by atoms with Crippen molar-refractivity contribution in [1.29, 1.82) is 0 Å². The van der Waals surface area contributed by atoms with Crippen LogP contribution in [-0.4, -0.2) is 54.9 Å². The van der Waals surface area contributed by atoms with E-state index in [9.17, 15) is 5.11 Å². The summed E-state index contributed by atoms with van der Waals surface area (Å²) in [4.78, 5) is 15.3. The van der Waals surface area contributed by atoms with Crippen LogP contribution in [0.25, 0.3) is 16.2 Å². The van der Waals surface area contributed by atoms with Crippen LogP contribution in [0.4, 0.5) is 17.3 Å². The molecule has 9 nitrogen and oxygen atoms in total. The number of piperidine rings is 1. The predicted molar refractivity (Wildman–Crippen MR) is 117 cm³/mol. The summed E-state index contributed by atoms with van der Waals surface area (Å²) in [5.41, 5.74) is 9.60. The van der Waals surface area contributed by atoms with Crippen LogP contribution in [0, 0.1) is 5.92 Å². The van der Waals surface area contributed by atoms with Gasteiger partial charge in [-0.3, -0.25) is 4.98 Å². The lowest BCUT2D eigenvalue weighted by atomic mass is 9.92. The van der Waals surface area contributed by atoms with Gasteiger partial charge in [-0.15, -0.1) is 11.3 Å². The molecule has 4 aromatic rings. The first-order chi connectivity index (χ1) is 14.6. The van der Waals surface area contributed by atoms with Gasteiger partial charge < -0.3 is 21.1 Å². The largest absolute Gasteiger partial charge is 0.391 e. The molecule has 4 aromatic heterocycles. The van der Waals surface area contributed by atoms with Gasteiger partial charge in [-0.25, -0.2) is 9.97 Å². The number of imidazole rings is 1. The molecule has 1 fully saturated rings. The van der Waals surface area contributed by atoms with Gasteiger partial charge in [0.15, 0.2) is 0 Å². The SMILES string of the molecule is CC1CN(c2ccncc2Nc2ncc3ccc(-c4nccs4)nn23)CC(N)C1O. The van der Waals surface area contributed by atoms with Gasteiger partial charge in [-0.05, 0) is 18.2 Å². The molecule has 4 N–H and O–H groups in total. The van der Waals surface area contributed by atoms with Crippen molar-refractivity contribution >= 4 is 34.2 Å². The highest BCUT2D eigenvalue weighted by atomic mass is 32.1. The quantitative estimate of drug-likeness (QED) is 0.458. The molecule has 5 rings (SSSR count). The summed E-state index contributed by atoms with van der Waals surface area (Å²) in [7, 11) is 0. The van der Waals surface area contributed by atoms with Crippen LogP contribution < -0.4 is 16.0 Å². The van der Waals surface area contributed by atoms with Crippen molar-refractivity contribution in [3.05, 3.63) is 48.4 Å². The number of nitrogens with two attached hydrogens (primary N) is 1. The highest BCUT2D eigenvalue weighted by Crippen LogP contribution is 2.31. The van der Waals surface area contributed by atoms with Crippen LogP contribution in [-0.2, 0) is 0 Å². The summed E-state index contributed by atoms with van der Waals surface area (Å²) >= 11 is 1.54. The maximum Gasteiger partial charge on any atom is 0.229 e. The van der Waals surface area contributed by atoms with Gasteiger partial charge in [0, 0.05) is 42.8 Å². The molecule has 154 valence electrons. The van der Waals surface area contributed by atoms with E-state index in [0.29, 0.717) is 19.0 Å². The number of nitrogens with zero attached hydrogens (tertiary/aromatic N) is 6. The lowest BCUT2D eigenvalue weighted by molar-refractivity contribution is 0.0785. The van der Waals surface area contributed by atoms with E-state index < -0.39 is 6.10 Å². The van der Waals surface area contributed by atoms with E-state index in [0.717, 1.165) is 27.6 Å². The van der Waals surface area contributed by atoms with E-state index >= 15 is 0 Å². The van der Waals surface area contributed by atoms with Crippen molar-refractivity contribution in [2.45, 2.75) is 19.1 Å². The van der Waals surface area contributed by atoms with Crippen molar-refractivity contribution in [3.63, 3.8) is 0 Å². The summed E-state index contributed by atoms with van der Waals surface area (Å²) < 4.78 is 1.77. The molecule has 0 saturated carbocycles. The predicted octanol–water partition coefficient (Wildman–Crippen LogP) is 2.14. The molecule has 3 unspecified atom stereocenters. The van der Waals surface area contributed by atoms with Crippen molar-refractivity contribution in [2.75, 3.05) is 23.3 Å². The number of anilines is 3. The van der Waals surface area contributed by atoms with Crippen molar-refractivity contribution in [1.82, 2.24) is 24.6 Å². The zero-order valence-corrected chi connectivity index (χ0v) is 17.2. The monoisotopic (exact) mass is 422 g/mol. The van der Waals surface area contributed by atoms with E-state index in [1.54, 1.807) is 40.6 Å². The van der Waals surface area contributed by atoms with Gasteiger partial charge in [0.05, 0.1) is 35.4 Å². The standard InChI is InChI=1S/C20H22N8OS/c1-12-10-27(11-14(21)18(12)29)17-4-5-22-9-16(17)25-20-24-8-13-2-3-15(26-28(13)20)19-23-6-7-30-19/h2-9,12,14,18,29H,10-11,21H2,1H3,(H,24,25). The Morgan fingerprint density at radius 3 is 2.87 bits per heavy atom. The topological polar surface area (TPSA) is 117 Å². The number of fused-ring (bicyclic) bond motifs is 1. The van der Waals surface area contributed by atoms with E-state index in [-0.39, 0.29) is 12.0 Å². The fourth-order valence-corrected chi connectivity index (χ4v) is 4.43. The third kappa shape index (κ3) is 3.38. The summed E-state index contributed by atoms with van der Waals surface area (Å²) in [6.45, 7) is 3.29. The Morgan fingerprint density at radius 1 is 1.17 bits per heavy atom. The molecule has 0 spiro atoms. The van der Waals surface area contributed by atoms with E-state index in [1.807, 2.05) is 30.5 Å². The molecule has 30 heavy (non-hydrogen) atoms. The second kappa shape index (κ2) is 7.63. The number of hydrogen-bond donors (Lipinski definition) is 3. The van der Waals surface area contributed by atoms with Crippen LogP contribution >= 0.6 is 11.3 Å². The molecule has 0 amide bonds. The first-order valence-corrected chi connectivity index (χ1v) is 10.6. The molecule has 3 atom stereocenters. The number of hydrogen-bond acceptors (Lipinski definition) is 9. The van der Waals surface area contributed by atoms with E-state index in [2.05, 4.69) is 25.2 Å². The molecule has 0 aliphatic carbocycles. The highest BCUT2D eigenvalue weighted by Gasteiger charge is 2.31. The van der Waals surface area contributed by atoms with Crippen LogP contribution in [0.5, 0.6) is 0 Å². The smallest absolute Gasteiger partial charge is 0.229 e. The molecule has 1 aliphatic heterocycles. The fourth-order valence-electron chi connectivity index (χ4n) is 3.82. The Bertz CT molecular complexity index is 1150. The van der Waals surface area contributed by atoms with E-state index in [4.69, 9.17) is 10.8 Å². The lowest BCUT2D eigenvalue weighted by Crippen LogP contribution is -2.55. The van der Waals surface area contributed by atoms with Crippen LogP contribution in [0.1, 0.15) is 6.92 Å². The molecule has 5 heterocycles. The minimum atomic E-state index is -0.496. The van der Waals surface area contributed by atoms with Crippen molar-refractivity contribution < 1.29 is 5.11 Å². The fraction of sp³-hybridized carbons (Fsp3) is 0.300. The summed E-state index contributed by atoms with van der Waals surface area (Å²) in [6, 6.07) is 5.56. The average molecular weight is 423 g/mol. The second-order valence-electron chi connectivity index (χ2n) is 7.53. The van der Waals surface area contributed by atoms with Gasteiger partial charge in [-0.2, -0.15) is 9.61 Å². The van der Waals surface area contributed by atoms with Gasteiger partial charge in [0.1, 0.15) is 10.7 Å². The Morgan fingerprint density at radius 2 is 2.07 bits per heavy atom. The number of rotatable bonds is 4. The van der Waals surface area contributed by atoms with Crippen molar-refractivity contribution in [2.24, 2.45) is 11.7 Å². The Hall–Kier alpha value is -3.08. The van der Waals surface area contributed by atoms with Crippen LogP contribution in [0.3, 0.4) is 0 Å². The lowest BCUT2D eigenvalue weighted by Gasteiger charge is -2.40.